The molecule has 0 bridgehead atoms. The van der Waals surface area contributed by atoms with Crippen LogP contribution in [-0.2, 0) is 16.8 Å². The number of benzene rings is 3. The maximum Gasteiger partial charge on any atom is 0.328 e. The van der Waals surface area contributed by atoms with Gasteiger partial charge >= 0.3 is 5.97 Å². The fourth-order valence-electron chi connectivity index (χ4n) is 3.28. The number of methoxy groups -OCH3 is 1. The van der Waals surface area contributed by atoms with Crippen LogP contribution < -0.4 is 9.47 Å². The first-order valence-electron chi connectivity index (χ1n) is 10.2. The Hall–Kier alpha value is -3.53. The predicted molar refractivity (Wildman–Crippen MR) is 125 cm³/mol. The van der Waals surface area contributed by atoms with Crippen molar-refractivity contribution in [1.29, 1.82) is 0 Å². The first kappa shape index (κ1) is 22.2. The van der Waals surface area contributed by atoms with Crippen molar-refractivity contribution in [1.82, 2.24) is 0 Å². The Morgan fingerprint density at radius 2 is 1.68 bits per heavy atom. The molecule has 4 heteroatoms. The van der Waals surface area contributed by atoms with Crippen molar-refractivity contribution in [2.75, 3.05) is 7.11 Å². The van der Waals surface area contributed by atoms with Gasteiger partial charge in [0.1, 0.15) is 18.1 Å². The maximum atomic E-state index is 11.1. The van der Waals surface area contributed by atoms with E-state index in [4.69, 9.17) is 14.6 Å². The highest BCUT2D eigenvalue weighted by molar-refractivity contribution is 5.86. The molecule has 0 aliphatic heterocycles. The molecule has 0 saturated carbocycles. The number of hydrogen-bond donors (Lipinski definition) is 1. The van der Waals surface area contributed by atoms with Crippen LogP contribution in [0.2, 0.25) is 0 Å². The molecule has 0 fully saturated rings. The molecule has 4 nitrogen and oxygen atoms in total. The molecule has 3 aromatic carbocycles. The third kappa shape index (κ3) is 5.76. The van der Waals surface area contributed by atoms with E-state index in [0.29, 0.717) is 17.9 Å². The van der Waals surface area contributed by atoms with Gasteiger partial charge in [-0.1, -0.05) is 69.3 Å². The van der Waals surface area contributed by atoms with E-state index in [2.05, 4.69) is 45.0 Å². The number of aliphatic carboxylic acids is 1. The summed E-state index contributed by atoms with van der Waals surface area (Å²) in [7, 11) is 1.63. The van der Waals surface area contributed by atoms with Crippen LogP contribution in [-0.4, -0.2) is 18.2 Å². The van der Waals surface area contributed by atoms with Crippen LogP contribution in [0.4, 0.5) is 0 Å². The molecule has 160 valence electrons. The van der Waals surface area contributed by atoms with Crippen LogP contribution >= 0.6 is 0 Å². The summed E-state index contributed by atoms with van der Waals surface area (Å²) >= 11 is 0. The average molecular weight is 417 g/mol. The van der Waals surface area contributed by atoms with Gasteiger partial charge in [-0.15, -0.1) is 0 Å². The third-order valence-corrected chi connectivity index (χ3v) is 5.05. The highest BCUT2D eigenvalue weighted by Gasteiger charge is 2.13. The smallest absolute Gasteiger partial charge is 0.328 e. The molecule has 0 aliphatic rings. The molecule has 3 aromatic rings. The highest BCUT2D eigenvalue weighted by Crippen LogP contribution is 2.33. The molecule has 0 heterocycles. The highest BCUT2D eigenvalue weighted by atomic mass is 16.5. The summed E-state index contributed by atoms with van der Waals surface area (Å²) in [5, 5.41) is 9.09. The third-order valence-electron chi connectivity index (χ3n) is 5.05. The fraction of sp³-hybridized carbons (Fsp3) is 0.222. The second-order valence-corrected chi connectivity index (χ2v) is 8.36. The van der Waals surface area contributed by atoms with Crippen LogP contribution in [0.1, 0.15) is 37.5 Å². The lowest BCUT2D eigenvalue weighted by molar-refractivity contribution is -0.131. The summed E-state index contributed by atoms with van der Waals surface area (Å²) in [6.07, 6.45) is 2.67. The van der Waals surface area contributed by atoms with Crippen LogP contribution in [0.25, 0.3) is 17.2 Å². The van der Waals surface area contributed by atoms with Gasteiger partial charge in [-0.3, -0.25) is 0 Å². The van der Waals surface area contributed by atoms with Crippen LogP contribution in [0.3, 0.4) is 0 Å². The monoisotopic (exact) mass is 416 g/mol. The van der Waals surface area contributed by atoms with Crippen molar-refractivity contribution in [2.24, 2.45) is 0 Å². The molecule has 0 aliphatic carbocycles. The minimum Gasteiger partial charge on any atom is -0.496 e. The minimum atomic E-state index is -1.01. The van der Waals surface area contributed by atoms with Crippen molar-refractivity contribution in [3.05, 3.63) is 89.5 Å². The predicted octanol–water partition coefficient (Wildman–Crippen LogP) is 6.34. The lowest BCUT2D eigenvalue weighted by atomic mass is 9.87. The Morgan fingerprint density at radius 1 is 0.968 bits per heavy atom. The van der Waals surface area contributed by atoms with E-state index in [1.165, 1.54) is 5.56 Å². The van der Waals surface area contributed by atoms with Gasteiger partial charge in [0.05, 0.1) is 7.11 Å². The first-order chi connectivity index (χ1) is 14.8. The van der Waals surface area contributed by atoms with Crippen LogP contribution in [0.5, 0.6) is 11.5 Å². The molecule has 1 N–H and O–H groups in total. The molecular weight excluding hydrogens is 388 g/mol. The van der Waals surface area contributed by atoms with Gasteiger partial charge in [-0.2, -0.15) is 0 Å². The summed E-state index contributed by atoms with van der Waals surface area (Å²) in [5.74, 6) is 0.366. The number of carboxylic acids is 1. The van der Waals surface area contributed by atoms with Gasteiger partial charge in [-0.05, 0) is 46.4 Å². The molecule has 31 heavy (non-hydrogen) atoms. The lowest BCUT2D eigenvalue weighted by Crippen LogP contribution is -2.10. The molecule has 0 radical (unpaired) electrons. The SMILES string of the molecule is COc1ccccc1-c1ccc(OCc2ccc(C(C)(C)C)cc2)c(/C=C/C(=O)O)c1. The number of carbonyl (C=O) groups is 1. The molecule has 0 spiro atoms. The zero-order valence-corrected chi connectivity index (χ0v) is 18.4. The van der Waals surface area contributed by atoms with E-state index >= 15 is 0 Å². The van der Waals surface area contributed by atoms with Gasteiger partial charge in [0.15, 0.2) is 0 Å². The molecule has 0 amide bonds. The number of rotatable bonds is 7. The normalized spacial score (nSPS) is 11.5. The topological polar surface area (TPSA) is 55.8 Å². The summed E-state index contributed by atoms with van der Waals surface area (Å²) in [6.45, 7) is 6.95. The van der Waals surface area contributed by atoms with Gasteiger partial charge in [0.25, 0.3) is 0 Å². The van der Waals surface area contributed by atoms with E-state index in [9.17, 15) is 4.79 Å². The largest absolute Gasteiger partial charge is 0.496 e. The van der Waals surface area contributed by atoms with Crippen molar-refractivity contribution in [3.63, 3.8) is 0 Å². The second kappa shape index (κ2) is 9.52. The van der Waals surface area contributed by atoms with Crippen LogP contribution in [0.15, 0.2) is 72.8 Å². The van der Waals surface area contributed by atoms with E-state index in [0.717, 1.165) is 28.5 Å². The van der Waals surface area contributed by atoms with Crippen molar-refractivity contribution in [3.8, 4) is 22.6 Å². The quantitative estimate of drug-likeness (QED) is 0.457. The molecular formula is C27H28O4. The number of ether oxygens (including phenoxy) is 2. The lowest BCUT2D eigenvalue weighted by Gasteiger charge is -2.19. The molecule has 3 rings (SSSR count). The average Bonchev–Trinajstić information content (AvgIpc) is 2.76. The van der Waals surface area contributed by atoms with E-state index in [1.807, 2.05) is 42.5 Å². The van der Waals surface area contributed by atoms with Gasteiger partial charge in [0, 0.05) is 17.2 Å². The van der Waals surface area contributed by atoms with Crippen molar-refractivity contribution in [2.45, 2.75) is 32.8 Å². The van der Waals surface area contributed by atoms with Crippen molar-refractivity contribution >= 4 is 12.0 Å². The van der Waals surface area contributed by atoms with Crippen molar-refractivity contribution < 1.29 is 19.4 Å². The Morgan fingerprint density at radius 3 is 2.32 bits per heavy atom. The molecule has 0 unspecified atom stereocenters. The Kier molecular flexibility index (Phi) is 6.81. The molecule has 0 atom stereocenters. The summed E-state index contributed by atoms with van der Waals surface area (Å²) in [5.41, 5.74) is 4.96. The summed E-state index contributed by atoms with van der Waals surface area (Å²) < 4.78 is 11.5. The minimum absolute atomic E-state index is 0.0997. The van der Waals surface area contributed by atoms with Gasteiger partial charge in [0.2, 0.25) is 0 Å². The van der Waals surface area contributed by atoms with E-state index < -0.39 is 5.97 Å². The maximum absolute atomic E-state index is 11.1. The van der Waals surface area contributed by atoms with Gasteiger partial charge < -0.3 is 14.6 Å². The molecule has 0 saturated heterocycles. The summed E-state index contributed by atoms with van der Waals surface area (Å²) in [6, 6.07) is 21.8. The first-order valence-corrected chi connectivity index (χ1v) is 10.2. The van der Waals surface area contributed by atoms with Gasteiger partial charge in [-0.25, -0.2) is 4.79 Å². The Labute approximate surface area is 183 Å². The number of para-hydroxylation sites is 1. The van der Waals surface area contributed by atoms with Crippen LogP contribution in [0, 0.1) is 0 Å². The molecule has 0 aromatic heterocycles. The Balaban J connectivity index is 1.88. The van der Waals surface area contributed by atoms with E-state index in [-0.39, 0.29) is 5.41 Å². The second-order valence-electron chi connectivity index (χ2n) is 8.36. The zero-order valence-electron chi connectivity index (χ0n) is 18.4. The summed E-state index contributed by atoms with van der Waals surface area (Å²) in [4.78, 5) is 11.1. The Bertz CT molecular complexity index is 1070. The fourth-order valence-corrected chi connectivity index (χ4v) is 3.28. The standard InChI is InChI=1S/C27H28O4/c1-27(2,3)22-13-9-19(10-14-22)18-31-24-15-11-20(17-21(24)12-16-26(28)29)23-7-5-6-8-25(23)30-4/h5-17H,18H2,1-4H3,(H,28,29)/b16-12+. The van der Waals surface area contributed by atoms with E-state index in [1.54, 1.807) is 13.2 Å². The number of hydrogen-bond acceptors (Lipinski definition) is 3. The zero-order chi connectivity index (χ0) is 22.4. The number of carboxylic acid groups (broad SMARTS) is 1.